The lowest BCUT2D eigenvalue weighted by Gasteiger charge is -2.42. The first-order chi connectivity index (χ1) is 15.7. The van der Waals surface area contributed by atoms with Crippen molar-refractivity contribution in [3.05, 3.63) is 82.3 Å². The molecule has 2 unspecified atom stereocenters. The smallest absolute Gasteiger partial charge is 0.250 e. The van der Waals surface area contributed by atoms with Gasteiger partial charge in [-0.1, -0.05) is 42.5 Å². The minimum absolute atomic E-state index is 0.128. The van der Waals surface area contributed by atoms with Crippen molar-refractivity contribution in [2.24, 2.45) is 11.8 Å². The number of carbonyl (C=O) groups excluding carboxylic acids is 1. The Morgan fingerprint density at radius 2 is 1.78 bits per heavy atom. The third-order valence-corrected chi connectivity index (χ3v) is 7.47. The zero-order valence-corrected chi connectivity index (χ0v) is 18.7. The van der Waals surface area contributed by atoms with Crippen LogP contribution in [0.25, 0.3) is 0 Å². The van der Waals surface area contributed by atoms with E-state index in [0.717, 1.165) is 58.5 Å². The zero-order chi connectivity index (χ0) is 21.9. The van der Waals surface area contributed by atoms with Gasteiger partial charge in [0.15, 0.2) is 0 Å². The van der Waals surface area contributed by atoms with Crippen LogP contribution in [0.4, 0.5) is 0 Å². The minimum Gasteiger partial charge on any atom is -0.339 e. The van der Waals surface area contributed by atoms with Gasteiger partial charge in [0.25, 0.3) is 5.56 Å². The molecule has 3 aliphatic rings. The molecule has 0 radical (unpaired) electrons. The van der Waals surface area contributed by atoms with Crippen molar-refractivity contribution in [1.29, 1.82) is 0 Å². The molecule has 1 aromatic heterocycles. The van der Waals surface area contributed by atoms with Crippen molar-refractivity contribution in [1.82, 2.24) is 14.4 Å². The Labute approximate surface area is 190 Å². The number of amides is 1. The van der Waals surface area contributed by atoms with E-state index in [-0.39, 0.29) is 11.5 Å². The van der Waals surface area contributed by atoms with Crippen LogP contribution in [0.1, 0.15) is 36.4 Å². The van der Waals surface area contributed by atoms with Gasteiger partial charge >= 0.3 is 0 Å². The first-order valence-corrected chi connectivity index (χ1v) is 12.1. The fourth-order valence-corrected chi connectivity index (χ4v) is 5.86. The molecule has 5 nitrogen and oxygen atoms in total. The third-order valence-electron chi connectivity index (χ3n) is 7.47. The van der Waals surface area contributed by atoms with Crippen LogP contribution in [0.3, 0.4) is 0 Å². The Bertz CT molecular complexity index is 1020. The molecular weight excluding hydrogens is 398 g/mol. The summed E-state index contributed by atoms with van der Waals surface area (Å²) in [5, 5.41) is 0. The lowest BCUT2D eigenvalue weighted by atomic mass is 9.83. The number of nitrogens with zero attached hydrogens (tertiary/aromatic N) is 3. The summed E-state index contributed by atoms with van der Waals surface area (Å²) in [5.41, 5.74) is 2.71. The van der Waals surface area contributed by atoms with Gasteiger partial charge in [-0.15, -0.1) is 0 Å². The molecule has 0 aliphatic carbocycles. The van der Waals surface area contributed by atoms with Gasteiger partial charge < -0.3 is 9.47 Å². The van der Waals surface area contributed by atoms with Gasteiger partial charge in [0.05, 0.1) is 0 Å². The first kappa shape index (κ1) is 21.2. The van der Waals surface area contributed by atoms with Crippen molar-refractivity contribution in [2.45, 2.75) is 38.1 Å². The van der Waals surface area contributed by atoms with Crippen LogP contribution in [-0.2, 0) is 17.8 Å². The van der Waals surface area contributed by atoms with Gasteiger partial charge in [0, 0.05) is 63.0 Å². The van der Waals surface area contributed by atoms with Crippen LogP contribution in [0.15, 0.2) is 65.5 Å². The number of fused-ring (bicyclic) bond motifs is 4. The Morgan fingerprint density at radius 3 is 2.59 bits per heavy atom. The number of rotatable bonds is 5. The number of benzene rings is 1. The predicted octanol–water partition coefficient (Wildman–Crippen LogP) is 3.30. The van der Waals surface area contributed by atoms with Crippen molar-refractivity contribution >= 4 is 5.91 Å². The normalized spacial score (nSPS) is 23.9. The average molecular weight is 432 g/mol. The standard InChI is InChI=1S/C27H33N3O2/c31-26(29-14-11-22(12-15-29)16-21-6-2-1-3-7-21)10-5-13-28-18-23-17-24(20-28)25-8-4-9-27(32)30(25)19-23/h1-10,22-24H,11-20H2. The molecular formula is C27H33N3O2. The predicted molar refractivity (Wildman–Crippen MR) is 127 cm³/mol. The van der Waals surface area contributed by atoms with Crippen molar-refractivity contribution in [2.75, 3.05) is 32.7 Å². The fraction of sp³-hybridized carbons (Fsp3) is 0.481. The van der Waals surface area contributed by atoms with E-state index >= 15 is 0 Å². The maximum Gasteiger partial charge on any atom is 0.250 e. The molecule has 168 valence electrons. The lowest BCUT2D eigenvalue weighted by Crippen LogP contribution is -2.47. The maximum atomic E-state index is 12.7. The van der Waals surface area contributed by atoms with Gasteiger partial charge in [-0.3, -0.25) is 14.5 Å². The number of hydrogen-bond acceptors (Lipinski definition) is 3. The molecule has 5 rings (SSSR count). The van der Waals surface area contributed by atoms with E-state index in [1.807, 2.05) is 21.6 Å². The molecule has 2 atom stereocenters. The molecule has 0 saturated carbocycles. The highest BCUT2D eigenvalue weighted by Crippen LogP contribution is 2.34. The van der Waals surface area contributed by atoms with Crippen LogP contribution >= 0.6 is 0 Å². The van der Waals surface area contributed by atoms with Crippen molar-refractivity contribution < 1.29 is 4.79 Å². The number of pyridine rings is 1. The largest absolute Gasteiger partial charge is 0.339 e. The quantitative estimate of drug-likeness (QED) is 0.683. The van der Waals surface area contributed by atoms with Gasteiger partial charge in [0.2, 0.25) is 5.91 Å². The van der Waals surface area contributed by atoms with E-state index in [4.69, 9.17) is 0 Å². The highest BCUT2D eigenvalue weighted by molar-refractivity contribution is 5.87. The fourth-order valence-electron chi connectivity index (χ4n) is 5.86. The highest BCUT2D eigenvalue weighted by Gasteiger charge is 2.34. The molecule has 32 heavy (non-hydrogen) atoms. The van der Waals surface area contributed by atoms with E-state index in [2.05, 4.69) is 41.3 Å². The van der Waals surface area contributed by atoms with Gasteiger partial charge in [-0.05, 0) is 49.1 Å². The van der Waals surface area contributed by atoms with E-state index < -0.39 is 0 Å². The summed E-state index contributed by atoms with van der Waals surface area (Å²) in [4.78, 5) is 29.3. The third kappa shape index (κ3) is 4.73. The molecule has 2 aromatic rings. The van der Waals surface area contributed by atoms with Gasteiger partial charge in [-0.25, -0.2) is 0 Å². The van der Waals surface area contributed by atoms with E-state index in [0.29, 0.717) is 17.8 Å². The molecule has 2 fully saturated rings. The highest BCUT2D eigenvalue weighted by atomic mass is 16.2. The van der Waals surface area contributed by atoms with Gasteiger partial charge in [0.1, 0.15) is 0 Å². The number of piperidine rings is 2. The number of carbonyl (C=O) groups is 1. The SMILES string of the molecule is O=C(C=CCN1CC2CC(C1)c1cccc(=O)n1C2)N1CCC(Cc2ccccc2)CC1. The monoisotopic (exact) mass is 431 g/mol. The summed E-state index contributed by atoms with van der Waals surface area (Å²) in [5.74, 6) is 1.77. The van der Waals surface area contributed by atoms with E-state index in [1.165, 1.54) is 17.7 Å². The molecule has 3 aliphatic heterocycles. The van der Waals surface area contributed by atoms with Gasteiger partial charge in [-0.2, -0.15) is 0 Å². The Morgan fingerprint density at radius 1 is 0.969 bits per heavy atom. The second-order valence-electron chi connectivity index (χ2n) is 9.78. The van der Waals surface area contributed by atoms with Crippen molar-refractivity contribution in [3.8, 4) is 0 Å². The van der Waals surface area contributed by atoms with E-state index in [9.17, 15) is 9.59 Å². The number of aromatic nitrogens is 1. The summed E-state index contributed by atoms with van der Waals surface area (Å²) in [6.45, 7) is 5.31. The van der Waals surface area contributed by atoms with Crippen molar-refractivity contribution in [3.63, 3.8) is 0 Å². The van der Waals surface area contributed by atoms with Crippen LogP contribution in [0.5, 0.6) is 0 Å². The summed E-state index contributed by atoms with van der Waals surface area (Å²) >= 11 is 0. The molecule has 4 heterocycles. The zero-order valence-electron chi connectivity index (χ0n) is 18.7. The number of hydrogen-bond donors (Lipinski definition) is 0. The average Bonchev–Trinajstić information content (AvgIpc) is 2.81. The molecule has 0 spiro atoms. The first-order valence-electron chi connectivity index (χ1n) is 12.1. The minimum atomic E-state index is 0.128. The lowest BCUT2D eigenvalue weighted by molar-refractivity contribution is -0.127. The van der Waals surface area contributed by atoms with Crippen LogP contribution in [-0.4, -0.2) is 53.0 Å². The Hall–Kier alpha value is -2.66. The molecule has 1 aromatic carbocycles. The maximum absolute atomic E-state index is 12.7. The summed E-state index contributed by atoms with van der Waals surface area (Å²) in [6, 6.07) is 16.3. The Balaban J connectivity index is 1.10. The second kappa shape index (κ2) is 9.45. The summed E-state index contributed by atoms with van der Waals surface area (Å²) in [7, 11) is 0. The van der Waals surface area contributed by atoms with Crippen LogP contribution in [0.2, 0.25) is 0 Å². The van der Waals surface area contributed by atoms with E-state index in [1.54, 1.807) is 12.1 Å². The van der Waals surface area contributed by atoms with Crippen LogP contribution < -0.4 is 5.56 Å². The molecule has 1 amide bonds. The summed E-state index contributed by atoms with van der Waals surface area (Å²) < 4.78 is 1.97. The Kier molecular flexibility index (Phi) is 6.26. The number of likely N-dealkylation sites (tertiary alicyclic amines) is 2. The van der Waals surface area contributed by atoms with Crippen LogP contribution in [0, 0.1) is 11.8 Å². The molecule has 2 bridgehead atoms. The molecule has 0 N–H and O–H groups in total. The second-order valence-corrected chi connectivity index (χ2v) is 9.78. The summed E-state index contributed by atoms with van der Waals surface area (Å²) in [6.07, 6.45) is 8.27. The topological polar surface area (TPSA) is 45.6 Å². The molecule has 5 heteroatoms. The molecule has 2 saturated heterocycles.